The third-order valence-corrected chi connectivity index (χ3v) is 1.80. The average Bonchev–Trinajstić information content (AvgIpc) is 2.15. The quantitative estimate of drug-likeness (QED) is 0.799. The number of rotatable bonds is 5. The maximum absolute atomic E-state index is 5.81. The molecule has 4 heteroatoms. The fourth-order valence-corrected chi connectivity index (χ4v) is 1.11. The minimum absolute atomic E-state index is 0.337. The maximum atomic E-state index is 5.81. The van der Waals surface area contributed by atoms with E-state index in [2.05, 4.69) is 16.9 Å². The maximum Gasteiger partial charge on any atom is 0.216 e. The monoisotopic (exact) mass is 209 g/mol. The number of aromatic nitrogens is 2. The van der Waals surface area contributed by atoms with Gasteiger partial charge in [0.2, 0.25) is 5.88 Å². The molecule has 0 fully saturated rings. The van der Waals surface area contributed by atoms with Crippen LogP contribution in [0.5, 0.6) is 5.88 Å². The molecule has 0 saturated heterocycles. The number of aryl methyl sites for hydroxylation is 1. The number of hydrogen-bond donors (Lipinski definition) is 1. The molecule has 2 N–H and O–H groups in total. The summed E-state index contributed by atoms with van der Waals surface area (Å²) in [5, 5.41) is 0. The summed E-state index contributed by atoms with van der Waals surface area (Å²) in [4.78, 5) is 8.19. The van der Waals surface area contributed by atoms with E-state index in [-0.39, 0.29) is 5.54 Å². The van der Waals surface area contributed by atoms with Crippen molar-refractivity contribution in [2.45, 2.75) is 39.2 Å². The van der Waals surface area contributed by atoms with E-state index >= 15 is 0 Å². The lowest BCUT2D eigenvalue weighted by Crippen LogP contribution is -2.38. The van der Waals surface area contributed by atoms with Gasteiger partial charge in [-0.1, -0.05) is 13.3 Å². The molecular formula is C11H19N3O. The fourth-order valence-electron chi connectivity index (χ4n) is 1.11. The molecule has 0 aliphatic rings. The van der Waals surface area contributed by atoms with Gasteiger partial charge in [0.05, 0.1) is 0 Å². The third-order valence-electron chi connectivity index (χ3n) is 1.80. The molecule has 0 aromatic carbocycles. The van der Waals surface area contributed by atoms with Crippen LogP contribution in [0.25, 0.3) is 0 Å². The molecule has 0 amide bonds. The SMILES string of the molecule is CCCc1cc(OCC(C)(C)N)ncn1. The first kappa shape index (κ1) is 11.9. The molecule has 0 radical (unpaired) electrons. The normalized spacial score (nSPS) is 11.5. The Morgan fingerprint density at radius 1 is 1.40 bits per heavy atom. The summed E-state index contributed by atoms with van der Waals surface area (Å²) in [7, 11) is 0. The zero-order chi connectivity index (χ0) is 11.3. The van der Waals surface area contributed by atoms with Gasteiger partial charge in [0.25, 0.3) is 0 Å². The smallest absolute Gasteiger partial charge is 0.216 e. The minimum atomic E-state index is -0.337. The molecule has 0 aliphatic carbocycles. The average molecular weight is 209 g/mol. The van der Waals surface area contributed by atoms with E-state index in [0.717, 1.165) is 18.5 Å². The highest BCUT2D eigenvalue weighted by Crippen LogP contribution is 2.10. The second-order valence-electron chi connectivity index (χ2n) is 4.37. The number of ether oxygens (including phenoxy) is 1. The van der Waals surface area contributed by atoms with Gasteiger partial charge in [-0.15, -0.1) is 0 Å². The highest BCUT2D eigenvalue weighted by Gasteiger charge is 2.11. The molecule has 0 aliphatic heterocycles. The Labute approximate surface area is 90.9 Å². The second-order valence-corrected chi connectivity index (χ2v) is 4.37. The van der Waals surface area contributed by atoms with Crippen molar-refractivity contribution in [1.82, 2.24) is 9.97 Å². The Hall–Kier alpha value is -1.16. The van der Waals surface area contributed by atoms with Gasteiger partial charge >= 0.3 is 0 Å². The van der Waals surface area contributed by atoms with Crippen molar-refractivity contribution in [3.8, 4) is 5.88 Å². The van der Waals surface area contributed by atoms with E-state index in [4.69, 9.17) is 10.5 Å². The van der Waals surface area contributed by atoms with E-state index in [1.54, 1.807) is 0 Å². The predicted octanol–water partition coefficient (Wildman–Crippen LogP) is 1.55. The van der Waals surface area contributed by atoms with Gasteiger partial charge in [0.1, 0.15) is 12.9 Å². The van der Waals surface area contributed by atoms with Gasteiger partial charge in [0, 0.05) is 17.3 Å². The van der Waals surface area contributed by atoms with Gasteiger partial charge in [-0.3, -0.25) is 0 Å². The summed E-state index contributed by atoms with van der Waals surface area (Å²) in [5.41, 5.74) is 6.49. The van der Waals surface area contributed by atoms with Crippen molar-refractivity contribution in [3.63, 3.8) is 0 Å². The van der Waals surface area contributed by atoms with Crippen molar-refractivity contribution in [2.75, 3.05) is 6.61 Å². The Balaban J connectivity index is 2.57. The first-order chi connectivity index (χ1) is 7.01. The Bertz CT molecular complexity index is 307. The first-order valence-corrected chi connectivity index (χ1v) is 5.24. The Morgan fingerprint density at radius 3 is 2.73 bits per heavy atom. The van der Waals surface area contributed by atoms with Gasteiger partial charge in [-0.25, -0.2) is 9.97 Å². The molecule has 15 heavy (non-hydrogen) atoms. The van der Waals surface area contributed by atoms with Crippen molar-refractivity contribution >= 4 is 0 Å². The number of nitrogens with two attached hydrogens (primary N) is 1. The molecule has 1 aromatic rings. The van der Waals surface area contributed by atoms with Crippen LogP contribution in [0.1, 0.15) is 32.9 Å². The molecule has 1 aromatic heterocycles. The van der Waals surface area contributed by atoms with Crippen LogP contribution in [0.2, 0.25) is 0 Å². The standard InChI is InChI=1S/C11H19N3O/c1-4-5-9-6-10(14-8-13-9)15-7-11(2,3)12/h6,8H,4-5,7,12H2,1-3H3. The molecule has 0 bridgehead atoms. The molecule has 1 heterocycles. The van der Waals surface area contributed by atoms with Gasteiger partial charge < -0.3 is 10.5 Å². The molecule has 84 valence electrons. The van der Waals surface area contributed by atoms with Crippen molar-refractivity contribution in [3.05, 3.63) is 18.1 Å². The lowest BCUT2D eigenvalue weighted by atomic mass is 10.1. The van der Waals surface area contributed by atoms with Crippen molar-refractivity contribution in [2.24, 2.45) is 5.73 Å². The predicted molar refractivity (Wildman–Crippen MR) is 59.8 cm³/mol. The molecule has 4 nitrogen and oxygen atoms in total. The summed E-state index contributed by atoms with van der Waals surface area (Å²) >= 11 is 0. The van der Waals surface area contributed by atoms with E-state index < -0.39 is 0 Å². The highest BCUT2D eigenvalue weighted by atomic mass is 16.5. The van der Waals surface area contributed by atoms with Gasteiger partial charge in [0.15, 0.2) is 0 Å². The lowest BCUT2D eigenvalue weighted by molar-refractivity contribution is 0.234. The zero-order valence-electron chi connectivity index (χ0n) is 9.66. The topological polar surface area (TPSA) is 61.0 Å². The van der Waals surface area contributed by atoms with Gasteiger partial charge in [-0.05, 0) is 20.3 Å². The Morgan fingerprint density at radius 2 is 2.13 bits per heavy atom. The number of hydrogen-bond acceptors (Lipinski definition) is 4. The summed E-state index contributed by atoms with van der Waals surface area (Å²) in [6.45, 7) is 6.41. The summed E-state index contributed by atoms with van der Waals surface area (Å²) < 4.78 is 5.48. The van der Waals surface area contributed by atoms with Crippen LogP contribution in [0.15, 0.2) is 12.4 Å². The molecule has 0 saturated carbocycles. The van der Waals surface area contributed by atoms with Crippen LogP contribution >= 0.6 is 0 Å². The molecule has 0 spiro atoms. The minimum Gasteiger partial charge on any atom is -0.476 e. The van der Waals surface area contributed by atoms with Crippen molar-refractivity contribution < 1.29 is 4.74 Å². The van der Waals surface area contributed by atoms with Crippen molar-refractivity contribution in [1.29, 1.82) is 0 Å². The zero-order valence-corrected chi connectivity index (χ0v) is 9.66. The largest absolute Gasteiger partial charge is 0.476 e. The van der Waals surface area contributed by atoms with Crippen LogP contribution in [-0.4, -0.2) is 22.1 Å². The summed E-state index contributed by atoms with van der Waals surface area (Å²) in [6, 6.07) is 1.87. The van der Waals surface area contributed by atoms with E-state index in [1.807, 2.05) is 19.9 Å². The molecule has 0 atom stereocenters. The summed E-state index contributed by atoms with van der Waals surface area (Å²) in [5.74, 6) is 0.604. The lowest BCUT2D eigenvalue weighted by Gasteiger charge is -2.18. The summed E-state index contributed by atoms with van der Waals surface area (Å²) in [6.07, 6.45) is 3.55. The van der Waals surface area contributed by atoms with E-state index in [0.29, 0.717) is 12.5 Å². The molecule has 1 rings (SSSR count). The molecular weight excluding hydrogens is 190 g/mol. The van der Waals surface area contributed by atoms with E-state index in [1.165, 1.54) is 6.33 Å². The third kappa shape index (κ3) is 4.74. The second kappa shape index (κ2) is 5.07. The van der Waals surface area contributed by atoms with Crippen LogP contribution in [0, 0.1) is 0 Å². The molecule has 0 unspecified atom stereocenters. The van der Waals surface area contributed by atoms with Crippen LogP contribution < -0.4 is 10.5 Å². The van der Waals surface area contributed by atoms with Crippen LogP contribution in [0.4, 0.5) is 0 Å². The van der Waals surface area contributed by atoms with Crippen LogP contribution in [-0.2, 0) is 6.42 Å². The van der Waals surface area contributed by atoms with Crippen LogP contribution in [0.3, 0.4) is 0 Å². The van der Waals surface area contributed by atoms with Gasteiger partial charge in [-0.2, -0.15) is 0 Å². The first-order valence-electron chi connectivity index (χ1n) is 5.24. The highest BCUT2D eigenvalue weighted by molar-refractivity contribution is 5.13. The fraction of sp³-hybridized carbons (Fsp3) is 0.636. The Kier molecular flexibility index (Phi) is 4.03. The number of nitrogens with zero attached hydrogens (tertiary/aromatic N) is 2. The van der Waals surface area contributed by atoms with E-state index in [9.17, 15) is 0 Å².